The molecule has 0 radical (unpaired) electrons. The molecule has 0 saturated carbocycles. The van der Waals surface area contributed by atoms with E-state index in [1.165, 1.54) is 30.4 Å². The number of anilines is 2. The van der Waals surface area contributed by atoms with Crippen LogP contribution < -0.4 is 22.1 Å². The Hall–Kier alpha value is -4.30. The molecule has 1 atom stereocenters. The van der Waals surface area contributed by atoms with Gasteiger partial charge in [-0.25, -0.2) is 18.4 Å². The van der Waals surface area contributed by atoms with Gasteiger partial charge in [-0.1, -0.05) is 48.0 Å². The molecule has 42 heavy (non-hydrogen) atoms. The fourth-order valence-electron chi connectivity index (χ4n) is 5.03. The molecule has 1 unspecified atom stereocenters. The van der Waals surface area contributed by atoms with Gasteiger partial charge in [0, 0.05) is 31.5 Å². The predicted molar refractivity (Wildman–Crippen MR) is 156 cm³/mol. The van der Waals surface area contributed by atoms with E-state index >= 15 is 0 Å². The molecule has 1 fully saturated rings. The smallest absolute Gasteiger partial charge is 0.280 e. The van der Waals surface area contributed by atoms with Crippen molar-refractivity contribution in [3.05, 3.63) is 65.0 Å². The van der Waals surface area contributed by atoms with Crippen LogP contribution in [0.1, 0.15) is 36.2 Å². The van der Waals surface area contributed by atoms with Gasteiger partial charge in [0.1, 0.15) is 5.25 Å². The summed E-state index contributed by atoms with van der Waals surface area (Å²) in [6, 6.07) is 8.07. The number of hydrogen-bond donors (Lipinski definition) is 4. The molecule has 220 valence electrons. The number of carbonyl (C=O) groups excluding carboxylic acids is 3. The monoisotopic (exact) mass is 612 g/mol. The van der Waals surface area contributed by atoms with Crippen molar-refractivity contribution in [2.75, 3.05) is 31.1 Å². The molecular weight excluding hydrogens is 584 g/mol. The summed E-state index contributed by atoms with van der Waals surface area (Å²) in [5.74, 6) is -1.07. The number of guanidine groups is 1. The van der Waals surface area contributed by atoms with Crippen LogP contribution in [0.5, 0.6) is 0 Å². The first-order valence-corrected chi connectivity index (χ1v) is 15.1. The molecule has 1 aromatic heterocycles. The summed E-state index contributed by atoms with van der Waals surface area (Å²) in [6.45, 7) is 1.30. The largest absolute Gasteiger partial charge is 0.382 e. The van der Waals surface area contributed by atoms with E-state index in [0.29, 0.717) is 38.0 Å². The number of aliphatic imine (C=N–C) groups is 1. The van der Waals surface area contributed by atoms with Gasteiger partial charge in [0.15, 0.2) is 44.1 Å². The maximum Gasteiger partial charge on any atom is 0.280 e. The average Bonchev–Trinajstić information content (AvgIpc) is 3.63. The minimum Gasteiger partial charge on any atom is -0.382 e. The van der Waals surface area contributed by atoms with Gasteiger partial charge >= 0.3 is 0 Å². The molecule has 0 bridgehead atoms. The number of likely N-dealkylation sites (tertiary alicyclic amines) is 1. The van der Waals surface area contributed by atoms with Crippen molar-refractivity contribution in [3.63, 3.8) is 0 Å². The van der Waals surface area contributed by atoms with E-state index in [1.807, 2.05) is 0 Å². The summed E-state index contributed by atoms with van der Waals surface area (Å²) < 4.78 is 25.7. The van der Waals surface area contributed by atoms with Crippen LogP contribution in [-0.4, -0.2) is 77.3 Å². The average molecular weight is 613 g/mol. The third-order valence-electron chi connectivity index (χ3n) is 7.48. The van der Waals surface area contributed by atoms with Gasteiger partial charge in [-0.2, -0.15) is 0 Å². The number of hydrogen-bond acceptors (Lipinski definition) is 11. The molecule has 3 heterocycles. The van der Waals surface area contributed by atoms with Crippen LogP contribution in [0.25, 0.3) is 0 Å². The lowest BCUT2D eigenvalue weighted by molar-refractivity contribution is -0.134. The minimum atomic E-state index is -3.65. The van der Waals surface area contributed by atoms with Crippen molar-refractivity contribution < 1.29 is 22.8 Å². The van der Waals surface area contributed by atoms with Gasteiger partial charge in [-0.3, -0.25) is 24.7 Å². The highest BCUT2D eigenvalue weighted by Crippen LogP contribution is 2.28. The van der Waals surface area contributed by atoms with E-state index < -0.39 is 26.5 Å². The number of piperidine rings is 1. The van der Waals surface area contributed by atoms with Crippen molar-refractivity contribution in [1.82, 2.24) is 25.5 Å². The predicted octanol–water partition coefficient (Wildman–Crippen LogP) is 1.03. The number of benzene rings is 1. The lowest BCUT2D eigenvalue weighted by Crippen LogP contribution is -2.57. The van der Waals surface area contributed by atoms with E-state index in [9.17, 15) is 22.8 Å². The molecule has 1 spiro atoms. The van der Waals surface area contributed by atoms with E-state index in [2.05, 4.69) is 25.6 Å². The number of allylic oxidation sites excluding steroid dienone is 2. The molecule has 1 aliphatic carbocycles. The zero-order valence-electron chi connectivity index (χ0n) is 22.4. The summed E-state index contributed by atoms with van der Waals surface area (Å²) in [4.78, 5) is 52.2. The summed E-state index contributed by atoms with van der Waals surface area (Å²) in [5.41, 5.74) is 11.0. The number of nitrogens with one attached hydrogen (secondary N) is 2. The lowest BCUT2D eigenvalue weighted by Gasteiger charge is -2.39. The number of nitrogens with zero attached hydrogens (tertiary/aromatic N) is 4. The minimum absolute atomic E-state index is 0.0188. The maximum atomic E-state index is 12.9. The van der Waals surface area contributed by atoms with E-state index in [-0.39, 0.29) is 57.9 Å². The van der Waals surface area contributed by atoms with Crippen molar-refractivity contribution in [2.24, 2.45) is 4.99 Å². The Morgan fingerprint density at radius 3 is 2.50 bits per heavy atom. The number of rotatable bonds is 7. The molecule has 1 aromatic carbocycles. The SMILES string of the molecule is Nc1nc(N)c(C(=O)NC2=NCC3(CCN(C(=O)CCC(=O)C4=CC(S(=O)(=O)c5ccccc5)C=C4)CC3)N2)nc1Cl. The second kappa shape index (κ2) is 11.5. The molecule has 3 aliphatic rings. The summed E-state index contributed by atoms with van der Waals surface area (Å²) >= 11 is 5.86. The van der Waals surface area contributed by atoms with Gasteiger partial charge in [-0.05, 0) is 25.0 Å². The number of nitrogens with two attached hydrogens (primary N) is 2. The number of amides is 2. The van der Waals surface area contributed by atoms with Crippen molar-refractivity contribution in [2.45, 2.75) is 41.4 Å². The molecule has 1 saturated heterocycles. The van der Waals surface area contributed by atoms with Gasteiger partial charge in [0.05, 0.1) is 17.0 Å². The third kappa shape index (κ3) is 5.99. The molecule has 2 aliphatic heterocycles. The van der Waals surface area contributed by atoms with Crippen LogP contribution in [0, 0.1) is 0 Å². The highest BCUT2D eigenvalue weighted by atomic mass is 35.5. The number of sulfone groups is 1. The van der Waals surface area contributed by atoms with Gasteiger partial charge in [0.25, 0.3) is 5.91 Å². The number of aromatic nitrogens is 2. The first kappa shape index (κ1) is 29.2. The first-order valence-electron chi connectivity index (χ1n) is 13.2. The molecular formula is C27H29ClN8O5S. The van der Waals surface area contributed by atoms with Gasteiger partial charge < -0.3 is 21.7 Å². The Bertz CT molecular complexity index is 1630. The fraction of sp³-hybridized carbons (Fsp3) is 0.333. The molecule has 5 rings (SSSR count). The Balaban J connectivity index is 1.09. The second-order valence-corrected chi connectivity index (χ2v) is 12.7. The zero-order chi connectivity index (χ0) is 30.1. The molecule has 2 aromatic rings. The number of nitrogen functional groups attached to an aromatic ring is 2. The quantitative estimate of drug-likeness (QED) is 0.350. The van der Waals surface area contributed by atoms with Gasteiger partial charge in [0.2, 0.25) is 5.91 Å². The van der Waals surface area contributed by atoms with Crippen LogP contribution in [0.2, 0.25) is 5.15 Å². The third-order valence-corrected chi connectivity index (χ3v) is 9.69. The highest BCUT2D eigenvalue weighted by Gasteiger charge is 2.40. The Morgan fingerprint density at radius 2 is 1.79 bits per heavy atom. The molecule has 2 amide bonds. The zero-order valence-corrected chi connectivity index (χ0v) is 24.0. The lowest BCUT2D eigenvalue weighted by atomic mass is 9.88. The van der Waals surface area contributed by atoms with Crippen LogP contribution in [0.4, 0.5) is 11.6 Å². The molecule has 6 N–H and O–H groups in total. The Kier molecular flexibility index (Phi) is 8.01. The van der Waals surface area contributed by atoms with E-state index in [1.54, 1.807) is 23.1 Å². The van der Waals surface area contributed by atoms with E-state index in [0.717, 1.165) is 0 Å². The van der Waals surface area contributed by atoms with Crippen molar-refractivity contribution in [1.29, 1.82) is 0 Å². The van der Waals surface area contributed by atoms with Gasteiger partial charge in [-0.15, -0.1) is 0 Å². The van der Waals surface area contributed by atoms with Crippen LogP contribution in [0.3, 0.4) is 0 Å². The van der Waals surface area contributed by atoms with Crippen LogP contribution in [0.15, 0.2) is 64.0 Å². The standard InChI is InChI=1S/C27H29ClN8O5S/c28-22-24(30)33-23(29)21(32-22)25(39)34-26-31-15-27(35-26)10-12-36(13-11-27)20(38)9-8-19(37)16-6-7-18(14-16)42(40,41)17-4-2-1-3-5-17/h1-7,14,18H,8-13,15H2,(H4,29,30,33)(H2,31,34,35,39). The topological polar surface area (TPSA) is 203 Å². The highest BCUT2D eigenvalue weighted by molar-refractivity contribution is 7.92. The Labute approximate surface area is 247 Å². The van der Waals surface area contributed by atoms with E-state index in [4.69, 9.17) is 23.1 Å². The number of halogens is 1. The summed E-state index contributed by atoms with van der Waals surface area (Å²) in [5, 5.41) is 4.81. The maximum absolute atomic E-state index is 12.9. The number of Topliss-reactive ketones (excluding diaryl/α,β-unsaturated/α-hetero) is 1. The summed E-state index contributed by atoms with van der Waals surface area (Å²) in [6.07, 6.45) is 5.59. The Morgan fingerprint density at radius 1 is 1.07 bits per heavy atom. The van der Waals surface area contributed by atoms with Crippen LogP contribution in [-0.2, 0) is 19.4 Å². The number of carbonyl (C=O) groups is 3. The number of ketones is 1. The molecule has 15 heteroatoms. The fourth-order valence-corrected chi connectivity index (χ4v) is 6.62. The first-order chi connectivity index (χ1) is 20.0. The van der Waals surface area contributed by atoms with Crippen molar-refractivity contribution >= 4 is 56.6 Å². The summed E-state index contributed by atoms with van der Waals surface area (Å²) in [7, 11) is -3.65. The normalized spacial score (nSPS) is 19.3. The van der Waals surface area contributed by atoms with Crippen molar-refractivity contribution in [3.8, 4) is 0 Å². The second-order valence-electron chi connectivity index (χ2n) is 10.3. The van der Waals surface area contributed by atoms with Crippen LogP contribution >= 0.6 is 11.6 Å². The molecule has 13 nitrogen and oxygen atoms in total.